The quantitative estimate of drug-likeness (QED) is 0.864. The van der Waals surface area contributed by atoms with Crippen LogP contribution in [0.4, 0.5) is 4.39 Å². The molecular weight excluding hydrogens is 267 g/mol. The Morgan fingerprint density at radius 3 is 2.43 bits per heavy atom. The van der Waals surface area contributed by atoms with E-state index < -0.39 is 0 Å². The third kappa shape index (κ3) is 3.38. The number of aromatic nitrogens is 1. The van der Waals surface area contributed by atoms with E-state index in [0.29, 0.717) is 18.0 Å². The lowest BCUT2D eigenvalue weighted by molar-refractivity contribution is 0.513. The number of nitrogens with zero attached hydrogens (tertiary/aromatic N) is 2. The third-order valence-electron chi connectivity index (χ3n) is 3.21. The number of halogens is 1. The summed E-state index contributed by atoms with van der Waals surface area (Å²) in [5.41, 5.74) is 1.88. The highest BCUT2D eigenvalue weighted by Gasteiger charge is 2.11. The van der Waals surface area contributed by atoms with E-state index in [1.54, 1.807) is 22.8 Å². The van der Waals surface area contributed by atoms with E-state index in [1.807, 2.05) is 26.0 Å². The van der Waals surface area contributed by atoms with Crippen molar-refractivity contribution in [3.8, 4) is 17.3 Å². The second kappa shape index (κ2) is 6.36. The van der Waals surface area contributed by atoms with E-state index >= 15 is 0 Å². The van der Waals surface area contributed by atoms with E-state index in [2.05, 4.69) is 0 Å². The fraction of sp³-hybridized carbons (Fsp3) is 0.294. The van der Waals surface area contributed by atoms with Crippen LogP contribution in [0, 0.1) is 23.1 Å². The largest absolute Gasteiger partial charge is 0.308 e. The molecule has 0 saturated heterocycles. The summed E-state index contributed by atoms with van der Waals surface area (Å²) in [6.45, 7) is 4.61. The van der Waals surface area contributed by atoms with Crippen LogP contribution in [-0.2, 0) is 13.0 Å². The van der Waals surface area contributed by atoms with E-state index in [0.717, 1.165) is 11.3 Å². The molecule has 0 N–H and O–H groups in total. The number of hydrogen-bond donors (Lipinski definition) is 0. The summed E-state index contributed by atoms with van der Waals surface area (Å²) in [5.74, 6) is -0.0168. The first-order valence-corrected chi connectivity index (χ1v) is 6.88. The van der Waals surface area contributed by atoms with Crippen LogP contribution in [0.15, 0.2) is 41.2 Å². The molecule has 1 heterocycles. The molecule has 0 bridgehead atoms. The maximum absolute atomic E-state index is 13.1. The topological polar surface area (TPSA) is 45.8 Å². The van der Waals surface area contributed by atoms with Crippen LogP contribution in [0.3, 0.4) is 0 Å². The fourth-order valence-corrected chi connectivity index (χ4v) is 2.26. The van der Waals surface area contributed by atoms with Crippen molar-refractivity contribution in [2.24, 2.45) is 5.92 Å². The zero-order chi connectivity index (χ0) is 15.4. The van der Waals surface area contributed by atoms with Crippen molar-refractivity contribution in [3.63, 3.8) is 0 Å². The van der Waals surface area contributed by atoms with Gasteiger partial charge in [0.2, 0.25) is 0 Å². The maximum atomic E-state index is 13.1. The Morgan fingerprint density at radius 1 is 1.19 bits per heavy atom. The lowest BCUT2D eigenvalue weighted by atomic mass is 10.1. The second-order valence-corrected chi connectivity index (χ2v) is 5.40. The third-order valence-corrected chi connectivity index (χ3v) is 3.21. The first-order valence-electron chi connectivity index (χ1n) is 6.88. The van der Waals surface area contributed by atoms with E-state index in [1.165, 1.54) is 12.1 Å². The van der Waals surface area contributed by atoms with Gasteiger partial charge < -0.3 is 4.57 Å². The first-order chi connectivity index (χ1) is 10.0. The summed E-state index contributed by atoms with van der Waals surface area (Å²) < 4.78 is 14.7. The normalized spacial score (nSPS) is 10.6. The molecule has 0 fully saturated rings. The van der Waals surface area contributed by atoms with E-state index in [9.17, 15) is 9.18 Å². The van der Waals surface area contributed by atoms with Gasteiger partial charge in [0.1, 0.15) is 5.82 Å². The molecule has 1 aromatic carbocycles. The molecule has 0 radical (unpaired) electrons. The lowest BCUT2D eigenvalue weighted by Gasteiger charge is -2.16. The lowest BCUT2D eigenvalue weighted by Crippen LogP contribution is -2.26. The Morgan fingerprint density at radius 2 is 1.86 bits per heavy atom. The minimum Gasteiger partial charge on any atom is -0.308 e. The maximum Gasteiger partial charge on any atom is 0.255 e. The van der Waals surface area contributed by atoms with Crippen LogP contribution in [0.2, 0.25) is 0 Å². The number of pyridine rings is 1. The molecule has 0 aliphatic heterocycles. The molecule has 0 amide bonds. The van der Waals surface area contributed by atoms with Crippen LogP contribution in [0.25, 0.3) is 11.3 Å². The summed E-state index contributed by atoms with van der Waals surface area (Å²) >= 11 is 0. The van der Waals surface area contributed by atoms with Gasteiger partial charge in [0, 0.05) is 12.1 Å². The Kier molecular flexibility index (Phi) is 4.54. The number of benzene rings is 1. The van der Waals surface area contributed by atoms with Crippen LogP contribution in [-0.4, -0.2) is 4.57 Å². The number of hydrogen-bond acceptors (Lipinski definition) is 2. The van der Waals surface area contributed by atoms with Crippen molar-refractivity contribution < 1.29 is 4.39 Å². The molecule has 21 heavy (non-hydrogen) atoms. The molecule has 0 spiro atoms. The van der Waals surface area contributed by atoms with Crippen molar-refractivity contribution in [2.45, 2.75) is 26.8 Å². The molecule has 2 aromatic rings. The van der Waals surface area contributed by atoms with Gasteiger partial charge >= 0.3 is 0 Å². The smallest absolute Gasteiger partial charge is 0.255 e. The first kappa shape index (κ1) is 15.0. The SMILES string of the molecule is CC(C)Cn1c(-c2ccc(F)cc2)ccc(CC#N)c1=O. The standard InChI is InChI=1S/C17H17FN2O/c1-12(2)11-20-16(13-3-6-15(18)7-4-13)8-5-14(9-10-19)17(20)21/h3-8,12H,9,11H2,1-2H3. The highest BCUT2D eigenvalue weighted by atomic mass is 19.1. The molecule has 4 heteroatoms. The average molecular weight is 284 g/mol. The van der Waals surface area contributed by atoms with Crippen LogP contribution in [0.1, 0.15) is 19.4 Å². The van der Waals surface area contributed by atoms with Crippen molar-refractivity contribution >= 4 is 0 Å². The van der Waals surface area contributed by atoms with Gasteiger partial charge in [-0.1, -0.05) is 19.9 Å². The van der Waals surface area contributed by atoms with Gasteiger partial charge in [-0.3, -0.25) is 4.79 Å². The van der Waals surface area contributed by atoms with Gasteiger partial charge in [-0.15, -0.1) is 0 Å². The zero-order valence-electron chi connectivity index (χ0n) is 12.1. The van der Waals surface area contributed by atoms with Gasteiger partial charge in [-0.25, -0.2) is 4.39 Å². The summed E-state index contributed by atoms with van der Waals surface area (Å²) in [6.07, 6.45) is 0.0978. The molecule has 0 saturated carbocycles. The molecule has 108 valence electrons. The summed E-state index contributed by atoms with van der Waals surface area (Å²) in [5, 5.41) is 8.79. The van der Waals surface area contributed by atoms with Crippen molar-refractivity contribution in [3.05, 3.63) is 58.1 Å². The van der Waals surface area contributed by atoms with Crippen molar-refractivity contribution in [1.82, 2.24) is 4.57 Å². The van der Waals surface area contributed by atoms with Crippen molar-refractivity contribution in [1.29, 1.82) is 5.26 Å². The Hall–Kier alpha value is -2.41. The fourth-order valence-electron chi connectivity index (χ4n) is 2.26. The van der Waals surface area contributed by atoms with Gasteiger partial charge in [-0.05, 0) is 41.8 Å². The highest BCUT2D eigenvalue weighted by Crippen LogP contribution is 2.20. The molecule has 0 aliphatic carbocycles. The summed E-state index contributed by atoms with van der Waals surface area (Å²) in [4.78, 5) is 12.5. The zero-order valence-corrected chi connectivity index (χ0v) is 12.1. The predicted octanol–water partition coefficient (Wildman–Crippen LogP) is 3.38. The summed E-state index contributed by atoms with van der Waals surface area (Å²) in [7, 11) is 0. The molecule has 0 aliphatic rings. The van der Waals surface area contributed by atoms with E-state index in [-0.39, 0.29) is 17.8 Å². The predicted molar refractivity (Wildman–Crippen MR) is 80.3 cm³/mol. The average Bonchev–Trinajstić information content (AvgIpc) is 2.44. The number of rotatable bonds is 4. The monoisotopic (exact) mass is 284 g/mol. The highest BCUT2D eigenvalue weighted by molar-refractivity contribution is 5.59. The van der Waals surface area contributed by atoms with Crippen LogP contribution in [0.5, 0.6) is 0 Å². The van der Waals surface area contributed by atoms with Crippen LogP contribution >= 0.6 is 0 Å². The minimum absolute atomic E-state index is 0.0978. The summed E-state index contributed by atoms with van der Waals surface area (Å²) in [6, 6.07) is 11.6. The molecule has 0 atom stereocenters. The Balaban J connectivity index is 2.60. The van der Waals surface area contributed by atoms with E-state index in [4.69, 9.17) is 5.26 Å². The molecule has 1 aromatic heterocycles. The molecule has 3 nitrogen and oxygen atoms in total. The minimum atomic E-state index is -0.308. The molecule has 0 unspecified atom stereocenters. The Bertz CT molecular complexity index is 724. The van der Waals surface area contributed by atoms with Gasteiger partial charge in [-0.2, -0.15) is 5.26 Å². The molecule has 2 rings (SSSR count). The van der Waals surface area contributed by atoms with Gasteiger partial charge in [0.05, 0.1) is 18.2 Å². The molecular formula is C17H17FN2O. The Labute approximate surface area is 123 Å². The number of nitriles is 1. The van der Waals surface area contributed by atoms with Gasteiger partial charge in [0.15, 0.2) is 0 Å². The van der Waals surface area contributed by atoms with Crippen LogP contribution < -0.4 is 5.56 Å². The van der Waals surface area contributed by atoms with Gasteiger partial charge in [0.25, 0.3) is 5.56 Å². The second-order valence-electron chi connectivity index (χ2n) is 5.40. The van der Waals surface area contributed by atoms with Crippen molar-refractivity contribution in [2.75, 3.05) is 0 Å².